The van der Waals surface area contributed by atoms with Crippen LogP contribution < -0.4 is 10.6 Å². The van der Waals surface area contributed by atoms with Gasteiger partial charge in [-0.25, -0.2) is 4.98 Å². The van der Waals surface area contributed by atoms with Crippen molar-refractivity contribution in [1.29, 1.82) is 0 Å². The number of fused-ring (bicyclic) bond motifs is 1. The first kappa shape index (κ1) is 18.0. The number of para-hydroxylation sites is 2. The third-order valence-corrected chi connectivity index (χ3v) is 4.32. The maximum Gasteiger partial charge on any atom is 0.191 e. The van der Waals surface area contributed by atoms with E-state index in [0.29, 0.717) is 0 Å². The number of hydrogen-bond donors (Lipinski definition) is 2. The second-order valence-corrected chi connectivity index (χ2v) is 6.36. The molecule has 0 bridgehead atoms. The van der Waals surface area contributed by atoms with Crippen LogP contribution in [-0.2, 0) is 13.1 Å². The maximum absolute atomic E-state index is 4.61. The minimum Gasteiger partial charge on any atom is -0.356 e. The number of nitrogens with zero attached hydrogens (tertiary/aromatic N) is 5. The van der Waals surface area contributed by atoms with Crippen molar-refractivity contribution in [2.45, 2.75) is 33.4 Å². The summed E-state index contributed by atoms with van der Waals surface area (Å²) >= 11 is 0. The van der Waals surface area contributed by atoms with Crippen LogP contribution in [0.5, 0.6) is 0 Å². The van der Waals surface area contributed by atoms with E-state index in [-0.39, 0.29) is 0 Å². The highest BCUT2D eigenvalue weighted by Gasteiger charge is 2.06. The van der Waals surface area contributed by atoms with Gasteiger partial charge in [0.05, 0.1) is 23.8 Å². The van der Waals surface area contributed by atoms with Crippen molar-refractivity contribution in [2.24, 2.45) is 4.99 Å². The summed E-state index contributed by atoms with van der Waals surface area (Å²) in [6.45, 7) is 7.49. The Morgan fingerprint density at radius 2 is 1.92 bits per heavy atom. The van der Waals surface area contributed by atoms with E-state index in [9.17, 15) is 0 Å². The number of aromatic nitrogens is 4. The van der Waals surface area contributed by atoms with Crippen molar-refractivity contribution in [1.82, 2.24) is 30.0 Å². The average Bonchev–Trinajstić information content (AvgIpc) is 3.19. The van der Waals surface area contributed by atoms with Gasteiger partial charge in [0.1, 0.15) is 5.82 Å². The number of benzene rings is 1. The molecule has 0 saturated heterocycles. The fourth-order valence-electron chi connectivity index (χ4n) is 3.02. The van der Waals surface area contributed by atoms with E-state index in [2.05, 4.69) is 55.4 Å². The summed E-state index contributed by atoms with van der Waals surface area (Å²) in [7, 11) is 1.79. The zero-order valence-corrected chi connectivity index (χ0v) is 15.7. The molecule has 7 heteroatoms. The average molecular weight is 353 g/mol. The fraction of sp³-hybridized carbons (Fsp3) is 0.421. The lowest BCUT2D eigenvalue weighted by atomic mass is 10.3. The van der Waals surface area contributed by atoms with Gasteiger partial charge in [-0.05, 0) is 38.0 Å². The molecular formula is C19H27N7. The number of aryl methyl sites for hydroxylation is 3. The molecule has 2 heterocycles. The van der Waals surface area contributed by atoms with E-state index < -0.39 is 0 Å². The second-order valence-electron chi connectivity index (χ2n) is 6.36. The molecular weight excluding hydrogens is 326 g/mol. The first-order valence-corrected chi connectivity index (χ1v) is 9.03. The lowest BCUT2D eigenvalue weighted by Crippen LogP contribution is -2.39. The third kappa shape index (κ3) is 4.41. The summed E-state index contributed by atoms with van der Waals surface area (Å²) in [5.41, 5.74) is 3.43. The Hall–Kier alpha value is -2.83. The van der Waals surface area contributed by atoms with Crippen molar-refractivity contribution in [3.05, 3.63) is 48.0 Å². The number of guanidine groups is 1. The van der Waals surface area contributed by atoms with E-state index in [1.807, 2.05) is 30.1 Å². The summed E-state index contributed by atoms with van der Waals surface area (Å²) in [4.78, 5) is 8.88. The summed E-state index contributed by atoms with van der Waals surface area (Å²) in [5.74, 6) is 1.88. The number of rotatable bonds is 7. The molecule has 0 fully saturated rings. The molecule has 0 atom stereocenters. The molecule has 2 N–H and O–H groups in total. The molecule has 0 aliphatic carbocycles. The minimum absolute atomic E-state index is 0.784. The fourth-order valence-corrected chi connectivity index (χ4v) is 3.02. The largest absolute Gasteiger partial charge is 0.356 e. The van der Waals surface area contributed by atoms with Gasteiger partial charge in [0.25, 0.3) is 0 Å². The van der Waals surface area contributed by atoms with Crippen LogP contribution in [0.15, 0.2) is 41.7 Å². The van der Waals surface area contributed by atoms with Gasteiger partial charge < -0.3 is 15.2 Å². The monoisotopic (exact) mass is 353 g/mol. The smallest absolute Gasteiger partial charge is 0.191 e. The summed E-state index contributed by atoms with van der Waals surface area (Å²) in [5, 5.41) is 11.0. The Bertz CT molecular complexity index is 875. The van der Waals surface area contributed by atoms with Crippen LogP contribution in [0.2, 0.25) is 0 Å². The number of aliphatic imine (C=N–C) groups is 1. The first-order chi connectivity index (χ1) is 12.7. The van der Waals surface area contributed by atoms with Crippen LogP contribution in [-0.4, -0.2) is 45.4 Å². The van der Waals surface area contributed by atoms with Crippen molar-refractivity contribution in [3.8, 4) is 0 Å². The van der Waals surface area contributed by atoms with Gasteiger partial charge in [-0.2, -0.15) is 5.10 Å². The van der Waals surface area contributed by atoms with Crippen LogP contribution in [0.3, 0.4) is 0 Å². The maximum atomic E-state index is 4.61. The molecule has 3 rings (SSSR count). The van der Waals surface area contributed by atoms with Gasteiger partial charge in [0.15, 0.2) is 5.96 Å². The predicted octanol–water partition coefficient (Wildman–Crippen LogP) is 2.10. The summed E-state index contributed by atoms with van der Waals surface area (Å²) in [6.07, 6.45) is 4.91. The van der Waals surface area contributed by atoms with Crippen LogP contribution in [0, 0.1) is 13.8 Å². The van der Waals surface area contributed by atoms with Gasteiger partial charge in [-0.3, -0.25) is 9.67 Å². The van der Waals surface area contributed by atoms with Gasteiger partial charge >= 0.3 is 0 Å². The second kappa shape index (κ2) is 8.51. The third-order valence-electron chi connectivity index (χ3n) is 4.32. The first-order valence-electron chi connectivity index (χ1n) is 9.03. The summed E-state index contributed by atoms with van der Waals surface area (Å²) in [6, 6.07) is 8.27. The molecule has 3 aromatic rings. The van der Waals surface area contributed by atoms with Crippen molar-refractivity contribution < 1.29 is 0 Å². The topological polar surface area (TPSA) is 72.1 Å². The molecule has 0 unspecified atom stereocenters. The quantitative estimate of drug-likeness (QED) is 0.388. The highest BCUT2D eigenvalue weighted by Crippen LogP contribution is 2.15. The van der Waals surface area contributed by atoms with Crippen LogP contribution in [0.4, 0.5) is 0 Å². The normalized spacial score (nSPS) is 11.9. The van der Waals surface area contributed by atoms with E-state index in [1.54, 1.807) is 7.05 Å². The molecule has 7 nitrogen and oxygen atoms in total. The van der Waals surface area contributed by atoms with E-state index in [1.165, 1.54) is 11.1 Å². The van der Waals surface area contributed by atoms with E-state index in [4.69, 9.17) is 0 Å². The molecule has 0 saturated carbocycles. The highest BCUT2D eigenvalue weighted by molar-refractivity contribution is 5.79. The molecule has 1 aromatic carbocycles. The Balaban J connectivity index is 1.42. The summed E-state index contributed by atoms with van der Waals surface area (Å²) < 4.78 is 4.20. The zero-order valence-electron chi connectivity index (χ0n) is 15.7. The Kier molecular flexibility index (Phi) is 5.88. The van der Waals surface area contributed by atoms with Gasteiger partial charge in [-0.15, -0.1) is 0 Å². The van der Waals surface area contributed by atoms with E-state index in [0.717, 1.165) is 49.9 Å². The van der Waals surface area contributed by atoms with E-state index >= 15 is 0 Å². The molecule has 0 radical (unpaired) electrons. The Morgan fingerprint density at radius 3 is 2.69 bits per heavy atom. The zero-order chi connectivity index (χ0) is 18.4. The minimum atomic E-state index is 0.784. The number of hydrogen-bond acceptors (Lipinski definition) is 3. The van der Waals surface area contributed by atoms with Crippen molar-refractivity contribution in [3.63, 3.8) is 0 Å². The molecule has 138 valence electrons. The van der Waals surface area contributed by atoms with Gasteiger partial charge in [0.2, 0.25) is 0 Å². The molecule has 2 aromatic heterocycles. The SMILES string of the molecule is CN=C(NCCCn1c(C)nc2ccccc21)NCCn1cc(C)cn1. The number of nitrogens with one attached hydrogen (secondary N) is 2. The van der Waals surface area contributed by atoms with Gasteiger partial charge in [-0.1, -0.05) is 12.1 Å². The molecule has 0 spiro atoms. The Morgan fingerprint density at radius 1 is 1.12 bits per heavy atom. The molecule has 0 amide bonds. The number of imidazole rings is 1. The molecule has 0 aliphatic rings. The predicted molar refractivity (Wildman–Crippen MR) is 105 cm³/mol. The standard InChI is InChI=1S/C19H27N7/c1-15-13-23-25(14-15)12-10-22-19(20-3)21-9-6-11-26-16(2)24-17-7-4-5-8-18(17)26/h4-5,7-8,13-14H,6,9-12H2,1-3H3,(H2,20,21,22). The van der Waals surface area contributed by atoms with Crippen LogP contribution in [0.1, 0.15) is 17.8 Å². The molecule has 26 heavy (non-hydrogen) atoms. The highest BCUT2D eigenvalue weighted by atomic mass is 15.3. The van der Waals surface area contributed by atoms with Crippen LogP contribution in [0.25, 0.3) is 11.0 Å². The lowest BCUT2D eigenvalue weighted by Gasteiger charge is -2.12. The van der Waals surface area contributed by atoms with Gasteiger partial charge in [0, 0.05) is 32.9 Å². The lowest BCUT2D eigenvalue weighted by molar-refractivity contribution is 0.590. The van der Waals surface area contributed by atoms with Crippen molar-refractivity contribution >= 4 is 17.0 Å². The van der Waals surface area contributed by atoms with Crippen molar-refractivity contribution in [2.75, 3.05) is 20.1 Å². The Labute approximate surface area is 154 Å². The van der Waals surface area contributed by atoms with Crippen LogP contribution >= 0.6 is 0 Å². The molecule has 0 aliphatic heterocycles.